The van der Waals surface area contributed by atoms with Crippen molar-refractivity contribution in [3.63, 3.8) is 0 Å². The molecule has 1 aliphatic heterocycles. The van der Waals surface area contributed by atoms with Crippen molar-refractivity contribution in [3.8, 4) is 0 Å². The first-order valence-electron chi connectivity index (χ1n) is 8.06. The summed E-state index contributed by atoms with van der Waals surface area (Å²) in [5.74, 6) is -1.34. The highest BCUT2D eigenvalue weighted by Gasteiger charge is 2.35. The molecule has 1 fully saturated rings. The van der Waals surface area contributed by atoms with Crippen LogP contribution < -0.4 is 0 Å². The number of hydrogen-bond donors (Lipinski definition) is 0. The van der Waals surface area contributed by atoms with Crippen LogP contribution in [0.4, 0.5) is 14.5 Å². The van der Waals surface area contributed by atoms with Gasteiger partial charge in [0.05, 0.1) is 11.3 Å². The van der Waals surface area contributed by atoms with Crippen LogP contribution in [0.2, 0.25) is 0 Å². The lowest BCUT2D eigenvalue weighted by Crippen LogP contribution is -2.39. The highest BCUT2D eigenvalue weighted by molar-refractivity contribution is 8.14. The lowest BCUT2D eigenvalue weighted by molar-refractivity contribution is 0.0814. The molecule has 1 atom stereocenters. The highest BCUT2D eigenvalue weighted by Crippen LogP contribution is 2.31. The number of carbonyl (C=O) groups excluding carboxylic acids is 1. The summed E-state index contributed by atoms with van der Waals surface area (Å²) in [5.41, 5.74) is 1.68. The fraction of sp³-hybridized carbons (Fsp3) is 0.263. The van der Waals surface area contributed by atoms with Gasteiger partial charge in [0, 0.05) is 17.9 Å². The molecule has 1 heterocycles. The Kier molecular flexibility index (Phi) is 5.18. The Morgan fingerprint density at radius 2 is 2.08 bits per heavy atom. The van der Waals surface area contributed by atoms with Crippen LogP contribution in [0.3, 0.4) is 0 Å². The van der Waals surface area contributed by atoms with E-state index < -0.39 is 17.5 Å². The normalized spacial score (nSPS) is 18.8. The Morgan fingerprint density at radius 1 is 1.28 bits per heavy atom. The van der Waals surface area contributed by atoms with Crippen molar-refractivity contribution in [2.75, 3.05) is 5.75 Å². The molecular formula is C19H18F2N2OS. The molecule has 6 heteroatoms. The zero-order valence-corrected chi connectivity index (χ0v) is 14.8. The van der Waals surface area contributed by atoms with Crippen molar-refractivity contribution < 1.29 is 13.6 Å². The van der Waals surface area contributed by atoms with Crippen molar-refractivity contribution in [2.45, 2.75) is 26.3 Å². The Bertz CT molecular complexity index is 838. The summed E-state index contributed by atoms with van der Waals surface area (Å²) in [5, 5.41) is 0.547. The van der Waals surface area contributed by atoms with E-state index in [2.05, 4.69) is 4.99 Å². The number of aryl methyl sites for hydroxylation is 1. The van der Waals surface area contributed by atoms with Gasteiger partial charge in [-0.25, -0.2) is 13.8 Å². The first kappa shape index (κ1) is 17.6. The van der Waals surface area contributed by atoms with E-state index in [0.717, 1.165) is 29.8 Å². The van der Waals surface area contributed by atoms with Crippen LogP contribution in [-0.4, -0.2) is 27.8 Å². The Hall–Kier alpha value is -2.21. The summed E-state index contributed by atoms with van der Waals surface area (Å²) >= 11 is 1.47. The van der Waals surface area contributed by atoms with Gasteiger partial charge in [0.15, 0.2) is 5.17 Å². The van der Waals surface area contributed by atoms with Crippen molar-refractivity contribution >= 4 is 28.5 Å². The van der Waals surface area contributed by atoms with Gasteiger partial charge in [-0.1, -0.05) is 30.8 Å². The highest BCUT2D eigenvalue weighted by atomic mass is 32.2. The Morgan fingerprint density at radius 3 is 2.76 bits per heavy atom. The summed E-state index contributed by atoms with van der Waals surface area (Å²) in [7, 11) is 0. The fourth-order valence-electron chi connectivity index (χ4n) is 2.71. The summed E-state index contributed by atoms with van der Waals surface area (Å²) in [6.45, 7) is 3.94. The molecule has 1 amide bonds. The molecule has 0 bridgehead atoms. The Labute approximate surface area is 149 Å². The fourth-order valence-corrected chi connectivity index (χ4v) is 3.98. The lowest BCUT2D eigenvalue weighted by Gasteiger charge is -2.23. The van der Waals surface area contributed by atoms with Gasteiger partial charge in [-0.15, -0.1) is 0 Å². The molecule has 0 radical (unpaired) electrons. The number of carbonyl (C=O) groups is 1. The summed E-state index contributed by atoms with van der Waals surface area (Å²) < 4.78 is 27.2. The molecule has 1 saturated heterocycles. The molecule has 0 aromatic heterocycles. The van der Waals surface area contributed by atoms with Crippen LogP contribution in [0.5, 0.6) is 0 Å². The molecule has 2 aromatic rings. The smallest absolute Gasteiger partial charge is 0.263 e. The second-order valence-electron chi connectivity index (χ2n) is 5.91. The molecule has 130 valence electrons. The number of aliphatic imine (C=N–C) groups is 1. The minimum atomic E-state index is -0.855. The maximum Gasteiger partial charge on any atom is 0.263 e. The largest absolute Gasteiger partial charge is 0.283 e. The second kappa shape index (κ2) is 7.35. The SMILES string of the molecule is CC[C@@H]1CSC(=Nc2cccc(C)c2)N1C(=O)c1ccc(F)cc1F. The molecule has 0 aliphatic carbocycles. The number of halogens is 2. The molecule has 0 unspecified atom stereocenters. The molecule has 0 spiro atoms. The van der Waals surface area contributed by atoms with Crippen LogP contribution >= 0.6 is 11.8 Å². The average Bonchev–Trinajstić information content (AvgIpc) is 2.97. The van der Waals surface area contributed by atoms with E-state index in [9.17, 15) is 13.6 Å². The number of thioether (sulfide) groups is 1. The molecule has 1 aliphatic rings. The Balaban J connectivity index is 1.98. The first-order valence-corrected chi connectivity index (χ1v) is 9.05. The second-order valence-corrected chi connectivity index (χ2v) is 6.89. The monoisotopic (exact) mass is 360 g/mol. The number of amides is 1. The van der Waals surface area contributed by atoms with Gasteiger partial charge in [0.2, 0.25) is 0 Å². The summed E-state index contributed by atoms with van der Waals surface area (Å²) in [6.07, 6.45) is 0.731. The number of amidine groups is 1. The maximum atomic E-state index is 14.1. The lowest BCUT2D eigenvalue weighted by atomic mass is 10.1. The van der Waals surface area contributed by atoms with Crippen LogP contribution in [0.15, 0.2) is 47.5 Å². The number of hydrogen-bond acceptors (Lipinski definition) is 3. The minimum absolute atomic E-state index is 0.0643. The standard InChI is InChI=1S/C19H18F2N2OS/c1-3-15-11-25-19(22-14-6-4-5-12(2)9-14)23(15)18(24)16-8-7-13(20)10-17(16)21/h4-10,15H,3,11H2,1-2H3/t15-/m1/s1. The van der Waals surface area contributed by atoms with E-state index in [-0.39, 0.29) is 11.6 Å². The van der Waals surface area contributed by atoms with Gasteiger partial charge < -0.3 is 0 Å². The molecule has 0 saturated carbocycles. The van der Waals surface area contributed by atoms with Crippen molar-refractivity contribution in [3.05, 3.63) is 65.2 Å². The van der Waals surface area contributed by atoms with Crippen LogP contribution in [0.1, 0.15) is 29.3 Å². The molecule has 2 aromatic carbocycles. The summed E-state index contributed by atoms with van der Waals surface area (Å²) in [4.78, 5) is 19.0. The zero-order chi connectivity index (χ0) is 18.0. The van der Waals surface area contributed by atoms with Gasteiger partial charge in [-0.05, 0) is 43.2 Å². The van der Waals surface area contributed by atoms with Crippen LogP contribution in [-0.2, 0) is 0 Å². The van der Waals surface area contributed by atoms with Crippen molar-refractivity contribution in [2.24, 2.45) is 4.99 Å². The number of benzene rings is 2. The van der Waals surface area contributed by atoms with Crippen molar-refractivity contribution in [1.82, 2.24) is 4.90 Å². The van der Waals surface area contributed by atoms with Gasteiger partial charge in [-0.2, -0.15) is 0 Å². The third-order valence-electron chi connectivity index (χ3n) is 4.05. The molecular weight excluding hydrogens is 342 g/mol. The van der Waals surface area contributed by atoms with E-state index in [4.69, 9.17) is 0 Å². The predicted octanol–water partition coefficient (Wildman–Crippen LogP) is 4.93. The van der Waals surface area contributed by atoms with E-state index in [1.165, 1.54) is 22.7 Å². The van der Waals surface area contributed by atoms with Gasteiger partial charge in [-0.3, -0.25) is 9.69 Å². The molecule has 3 rings (SSSR count). The molecule has 0 N–H and O–H groups in total. The minimum Gasteiger partial charge on any atom is -0.283 e. The van der Waals surface area contributed by atoms with E-state index in [0.29, 0.717) is 10.9 Å². The van der Waals surface area contributed by atoms with Crippen LogP contribution in [0.25, 0.3) is 0 Å². The maximum absolute atomic E-state index is 14.1. The third-order valence-corrected chi connectivity index (χ3v) is 5.15. The van der Waals surface area contributed by atoms with Crippen molar-refractivity contribution in [1.29, 1.82) is 0 Å². The number of rotatable bonds is 3. The van der Waals surface area contributed by atoms with Gasteiger partial charge in [0.25, 0.3) is 5.91 Å². The van der Waals surface area contributed by atoms with E-state index in [1.54, 1.807) is 0 Å². The predicted molar refractivity (Wildman–Crippen MR) is 97.3 cm³/mol. The third kappa shape index (κ3) is 3.74. The zero-order valence-electron chi connectivity index (χ0n) is 14.0. The van der Waals surface area contributed by atoms with E-state index in [1.807, 2.05) is 38.1 Å². The van der Waals surface area contributed by atoms with Gasteiger partial charge >= 0.3 is 0 Å². The first-order chi connectivity index (χ1) is 12.0. The van der Waals surface area contributed by atoms with Crippen LogP contribution in [0, 0.1) is 18.6 Å². The molecule has 3 nitrogen and oxygen atoms in total. The number of nitrogens with zero attached hydrogens (tertiary/aromatic N) is 2. The average molecular weight is 360 g/mol. The van der Waals surface area contributed by atoms with E-state index >= 15 is 0 Å². The van der Waals surface area contributed by atoms with Gasteiger partial charge in [0.1, 0.15) is 11.6 Å². The quantitative estimate of drug-likeness (QED) is 0.778. The summed E-state index contributed by atoms with van der Waals surface area (Å²) in [6, 6.07) is 10.6. The molecule has 25 heavy (non-hydrogen) atoms. The topological polar surface area (TPSA) is 32.7 Å².